The second-order valence-electron chi connectivity index (χ2n) is 6.01. The summed E-state index contributed by atoms with van der Waals surface area (Å²) in [6, 6.07) is 9.26. The van der Waals surface area contributed by atoms with Crippen molar-refractivity contribution in [3.8, 4) is 0 Å². The molecule has 2 saturated carbocycles. The molecule has 2 unspecified atom stereocenters. The zero-order valence-electron chi connectivity index (χ0n) is 11.5. The Labute approximate surface area is 111 Å². The van der Waals surface area contributed by atoms with E-state index in [1.54, 1.807) is 11.1 Å². The predicted octanol–water partition coefficient (Wildman–Crippen LogP) is 4.06. The van der Waals surface area contributed by atoms with Gasteiger partial charge in [-0.15, -0.1) is 0 Å². The molecule has 0 heterocycles. The number of hydrogen-bond acceptors (Lipinski definition) is 1. The van der Waals surface area contributed by atoms with E-state index in [2.05, 4.69) is 36.5 Å². The van der Waals surface area contributed by atoms with Gasteiger partial charge in [0.05, 0.1) is 0 Å². The molecule has 0 spiro atoms. The first-order valence-corrected chi connectivity index (χ1v) is 7.69. The Balaban J connectivity index is 1.75. The topological polar surface area (TPSA) is 12.0 Å². The molecule has 1 heteroatoms. The average Bonchev–Trinajstić information content (AvgIpc) is 2.28. The molecule has 0 saturated heterocycles. The Kier molecular flexibility index (Phi) is 3.69. The summed E-state index contributed by atoms with van der Waals surface area (Å²) in [7, 11) is 0. The minimum absolute atomic E-state index is 0.834. The van der Waals surface area contributed by atoms with Crippen LogP contribution in [0.4, 0.5) is 0 Å². The van der Waals surface area contributed by atoms with Crippen LogP contribution in [-0.2, 0) is 0 Å². The molecular formula is C17H25N. The SMILES string of the molecule is CCNCC1CCC1c1ccccc1C1CCC1. The molecule has 1 N–H and O–H groups in total. The summed E-state index contributed by atoms with van der Waals surface area (Å²) in [5.41, 5.74) is 3.35. The number of hydrogen-bond donors (Lipinski definition) is 1. The summed E-state index contributed by atoms with van der Waals surface area (Å²) in [5.74, 6) is 2.59. The Bertz CT molecular complexity index is 394. The second kappa shape index (κ2) is 5.44. The van der Waals surface area contributed by atoms with E-state index in [1.165, 1.54) is 38.6 Å². The fourth-order valence-corrected chi connectivity index (χ4v) is 3.49. The van der Waals surface area contributed by atoms with Crippen molar-refractivity contribution in [3.63, 3.8) is 0 Å². The van der Waals surface area contributed by atoms with Gasteiger partial charge in [-0.2, -0.15) is 0 Å². The molecule has 0 amide bonds. The van der Waals surface area contributed by atoms with Crippen molar-refractivity contribution in [2.45, 2.75) is 50.9 Å². The van der Waals surface area contributed by atoms with Crippen LogP contribution in [0.25, 0.3) is 0 Å². The maximum absolute atomic E-state index is 3.53. The van der Waals surface area contributed by atoms with Crippen LogP contribution < -0.4 is 5.32 Å². The van der Waals surface area contributed by atoms with Crippen molar-refractivity contribution in [1.29, 1.82) is 0 Å². The first-order chi connectivity index (χ1) is 8.90. The smallest absolute Gasteiger partial charge is 0.00148 e. The van der Waals surface area contributed by atoms with Gasteiger partial charge in [0, 0.05) is 0 Å². The van der Waals surface area contributed by atoms with Gasteiger partial charge in [0.1, 0.15) is 0 Å². The van der Waals surface area contributed by atoms with Gasteiger partial charge in [0.2, 0.25) is 0 Å². The Morgan fingerprint density at radius 1 is 1.06 bits per heavy atom. The van der Waals surface area contributed by atoms with Crippen LogP contribution in [0.3, 0.4) is 0 Å². The van der Waals surface area contributed by atoms with Gasteiger partial charge in [-0.1, -0.05) is 37.6 Å². The normalized spacial score (nSPS) is 27.6. The lowest BCUT2D eigenvalue weighted by atomic mass is 9.66. The highest BCUT2D eigenvalue weighted by molar-refractivity contribution is 5.36. The molecule has 0 bridgehead atoms. The van der Waals surface area contributed by atoms with Gasteiger partial charge in [-0.3, -0.25) is 0 Å². The Hall–Kier alpha value is -0.820. The Morgan fingerprint density at radius 2 is 1.83 bits per heavy atom. The summed E-state index contributed by atoms with van der Waals surface area (Å²) >= 11 is 0. The third-order valence-electron chi connectivity index (χ3n) is 5.01. The fourth-order valence-electron chi connectivity index (χ4n) is 3.49. The highest BCUT2D eigenvalue weighted by Crippen LogP contribution is 2.47. The van der Waals surface area contributed by atoms with Gasteiger partial charge < -0.3 is 5.32 Å². The van der Waals surface area contributed by atoms with Gasteiger partial charge in [-0.05, 0) is 67.7 Å². The molecule has 18 heavy (non-hydrogen) atoms. The molecule has 0 aliphatic heterocycles. The van der Waals surface area contributed by atoms with Crippen molar-refractivity contribution in [3.05, 3.63) is 35.4 Å². The first-order valence-electron chi connectivity index (χ1n) is 7.69. The number of benzene rings is 1. The molecule has 2 fully saturated rings. The Morgan fingerprint density at radius 3 is 2.39 bits per heavy atom. The monoisotopic (exact) mass is 243 g/mol. The van der Waals surface area contributed by atoms with Crippen molar-refractivity contribution in [1.82, 2.24) is 5.32 Å². The van der Waals surface area contributed by atoms with E-state index in [1.807, 2.05) is 0 Å². The van der Waals surface area contributed by atoms with Crippen molar-refractivity contribution >= 4 is 0 Å². The summed E-state index contributed by atoms with van der Waals surface area (Å²) in [6.07, 6.45) is 7.09. The molecule has 1 aromatic rings. The molecule has 1 aromatic carbocycles. The minimum atomic E-state index is 0.834. The maximum Gasteiger partial charge on any atom is -0.00148 e. The van der Waals surface area contributed by atoms with E-state index >= 15 is 0 Å². The fraction of sp³-hybridized carbons (Fsp3) is 0.647. The van der Waals surface area contributed by atoms with Crippen LogP contribution in [0, 0.1) is 5.92 Å². The van der Waals surface area contributed by atoms with E-state index in [4.69, 9.17) is 0 Å². The predicted molar refractivity (Wildman–Crippen MR) is 77.0 cm³/mol. The lowest BCUT2D eigenvalue weighted by Crippen LogP contribution is -2.34. The van der Waals surface area contributed by atoms with Crippen molar-refractivity contribution in [2.75, 3.05) is 13.1 Å². The van der Waals surface area contributed by atoms with Crippen LogP contribution in [0.2, 0.25) is 0 Å². The molecule has 1 nitrogen and oxygen atoms in total. The van der Waals surface area contributed by atoms with Crippen molar-refractivity contribution in [2.24, 2.45) is 5.92 Å². The highest BCUT2D eigenvalue weighted by Gasteiger charge is 2.34. The van der Waals surface area contributed by atoms with Crippen LogP contribution in [0.5, 0.6) is 0 Å². The molecule has 2 aliphatic carbocycles. The quantitative estimate of drug-likeness (QED) is 0.822. The van der Waals surface area contributed by atoms with Gasteiger partial charge in [0.15, 0.2) is 0 Å². The summed E-state index contributed by atoms with van der Waals surface area (Å²) in [5, 5.41) is 3.53. The first kappa shape index (κ1) is 12.2. The van der Waals surface area contributed by atoms with Crippen LogP contribution in [0.1, 0.15) is 62.0 Å². The van der Waals surface area contributed by atoms with Crippen LogP contribution >= 0.6 is 0 Å². The second-order valence-corrected chi connectivity index (χ2v) is 6.01. The standard InChI is InChI=1S/C17H25N/c1-2-18-12-14-10-11-16(14)17-9-4-3-8-15(17)13-6-5-7-13/h3-4,8-9,13-14,16,18H,2,5-7,10-12H2,1H3. The van der Waals surface area contributed by atoms with Crippen molar-refractivity contribution < 1.29 is 0 Å². The van der Waals surface area contributed by atoms with E-state index in [0.29, 0.717) is 0 Å². The molecular weight excluding hydrogens is 218 g/mol. The minimum Gasteiger partial charge on any atom is -0.317 e. The van der Waals surface area contributed by atoms with E-state index < -0.39 is 0 Å². The van der Waals surface area contributed by atoms with Crippen LogP contribution in [-0.4, -0.2) is 13.1 Å². The van der Waals surface area contributed by atoms with E-state index in [-0.39, 0.29) is 0 Å². The average molecular weight is 243 g/mol. The zero-order valence-corrected chi connectivity index (χ0v) is 11.5. The van der Waals surface area contributed by atoms with Gasteiger partial charge in [0.25, 0.3) is 0 Å². The van der Waals surface area contributed by atoms with Gasteiger partial charge >= 0.3 is 0 Å². The lowest BCUT2D eigenvalue weighted by molar-refractivity contribution is 0.244. The molecule has 2 atom stereocenters. The third kappa shape index (κ3) is 2.21. The zero-order chi connectivity index (χ0) is 12.4. The van der Waals surface area contributed by atoms with Gasteiger partial charge in [-0.25, -0.2) is 0 Å². The largest absolute Gasteiger partial charge is 0.317 e. The lowest BCUT2D eigenvalue weighted by Gasteiger charge is -2.40. The maximum atomic E-state index is 3.53. The number of nitrogens with one attached hydrogen (secondary N) is 1. The van der Waals surface area contributed by atoms with E-state index in [9.17, 15) is 0 Å². The summed E-state index contributed by atoms with van der Waals surface area (Å²) in [6.45, 7) is 4.52. The van der Waals surface area contributed by atoms with Crippen LogP contribution in [0.15, 0.2) is 24.3 Å². The summed E-state index contributed by atoms with van der Waals surface area (Å²) in [4.78, 5) is 0. The summed E-state index contributed by atoms with van der Waals surface area (Å²) < 4.78 is 0. The van der Waals surface area contributed by atoms with E-state index in [0.717, 1.165) is 24.3 Å². The number of rotatable bonds is 5. The third-order valence-corrected chi connectivity index (χ3v) is 5.01. The molecule has 0 radical (unpaired) electrons. The molecule has 98 valence electrons. The molecule has 2 aliphatic rings. The molecule has 3 rings (SSSR count). The molecule has 0 aromatic heterocycles. The highest BCUT2D eigenvalue weighted by atomic mass is 14.9.